The molecule has 0 aromatic carbocycles. The highest BCUT2D eigenvalue weighted by Gasteiger charge is 2.34. The molecule has 86 valence electrons. The molecule has 1 amide bonds. The summed E-state index contributed by atoms with van der Waals surface area (Å²) in [6.07, 6.45) is 3.37. The first-order valence-corrected chi connectivity index (χ1v) is 5.66. The van der Waals surface area contributed by atoms with E-state index in [0.717, 1.165) is 13.0 Å². The van der Waals surface area contributed by atoms with Crippen LogP contribution in [0.3, 0.4) is 0 Å². The molecule has 0 saturated carbocycles. The number of aliphatic hydroxyl groups is 1. The van der Waals surface area contributed by atoms with Crippen LogP contribution in [-0.2, 0) is 4.79 Å². The van der Waals surface area contributed by atoms with E-state index in [0.29, 0.717) is 12.3 Å². The van der Waals surface area contributed by atoms with Gasteiger partial charge in [-0.15, -0.1) is 6.58 Å². The van der Waals surface area contributed by atoms with Gasteiger partial charge >= 0.3 is 0 Å². The van der Waals surface area contributed by atoms with Gasteiger partial charge in [-0.3, -0.25) is 4.79 Å². The van der Waals surface area contributed by atoms with Crippen molar-refractivity contribution in [2.45, 2.75) is 32.7 Å². The van der Waals surface area contributed by atoms with Crippen molar-refractivity contribution in [1.82, 2.24) is 4.90 Å². The molecule has 1 N–H and O–H groups in total. The van der Waals surface area contributed by atoms with E-state index in [1.807, 2.05) is 11.0 Å². The Labute approximate surface area is 91.8 Å². The Bertz CT molecular complexity index is 240. The van der Waals surface area contributed by atoms with E-state index in [-0.39, 0.29) is 24.5 Å². The lowest BCUT2D eigenvalue weighted by Gasteiger charge is -2.31. The van der Waals surface area contributed by atoms with E-state index < -0.39 is 0 Å². The van der Waals surface area contributed by atoms with Crippen molar-refractivity contribution < 1.29 is 9.90 Å². The molecule has 1 aliphatic heterocycles. The largest absolute Gasteiger partial charge is 0.394 e. The molecule has 1 rings (SSSR count). The van der Waals surface area contributed by atoms with Gasteiger partial charge in [0.05, 0.1) is 12.6 Å². The van der Waals surface area contributed by atoms with Gasteiger partial charge in [-0.05, 0) is 5.92 Å². The molecule has 1 saturated heterocycles. The lowest BCUT2D eigenvalue weighted by atomic mass is 9.98. The van der Waals surface area contributed by atoms with Crippen molar-refractivity contribution >= 4 is 5.91 Å². The Kier molecular flexibility index (Phi) is 4.33. The summed E-state index contributed by atoms with van der Waals surface area (Å²) >= 11 is 0. The van der Waals surface area contributed by atoms with Crippen molar-refractivity contribution in [3.63, 3.8) is 0 Å². The van der Waals surface area contributed by atoms with E-state index in [1.165, 1.54) is 0 Å². The SMILES string of the molecule is C=CC1CC(=O)N([C@H](CO)[C@@H](C)CC)C1. The second-order valence-corrected chi connectivity index (χ2v) is 4.38. The number of amides is 1. The van der Waals surface area contributed by atoms with E-state index in [4.69, 9.17) is 0 Å². The van der Waals surface area contributed by atoms with Crippen LogP contribution in [0, 0.1) is 11.8 Å². The van der Waals surface area contributed by atoms with Crippen LogP contribution in [-0.4, -0.2) is 35.1 Å². The second-order valence-electron chi connectivity index (χ2n) is 4.38. The smallest absolute Gasteiger partial charge is 0.223 e. The molecule has 15 heavy (non-hydrogen) atoms. The van der Waals surface area contributed by atoms with Crippen LogP contribution < -0.4 is 0 Å². The van der Waals surface area contributed by atoms with Crippen molar-refractivity contribution in [2.24, 2.45) is 11.8 Å². The van der Waals surface area contributed by atoms with Gasteiger partial charge in [0.2, 0.25) is 5.91 Å². The van der Waals surface area contributed by atoms with Crippen LogP contribution in [0.25, 0.3) is 0 Å². The molecular weight excluding hydrogens is 190 g/mol. The molecule has 1 fully saturated rings. The zero-order chi connectivity index (χ0) is 11.4. The summed E-state index contributed by atoms with van der Waals surface area (Å²) < 4.78 is 0. The first kappa shape index (κ1) is 12.2. The van der Waals surface area contributed by atoms with Crippen LogP contribution in [0.15, 0.2) is 12.7 Å². The topological polar surface area (TPSA) is 40.5 Å². The van der Waals surface area contributed by atoms with Crippen LogP contribution in [0.2, 0.25) is 0 Å². The Morgan fingerprint density at radius 3 is 2.80 bits per heavy atom. The lowest BCUT2D eigenvalue weighted by molar-refractivity contribution is -0.131. The molecular formula is C12H21NO2. The monoisotopic (exact) mass is 211 g/mol. The maximum Gasteiger partial charge on any atom is 0.223 e. The molecule has 1 heterocycles. The summed E-state index contributed by atoms with van der Waals surface area (Å²) in [6.45, 7) is 8.66. The minimum atomic E-state index is -0.0209. The summed E-state index contributed by atoms with van der Waals surface area (Å²) in [5.41, 5.74) is 0. The van der Waals surface area contributed by atoms with Crippen molar-refractivity contribution in [3.8, 4) is 0 Å². The third-order valence-corrected chi connectivity index (χ3v) is 3.41. The van der Waals surface area contributed by atoms with Crippen LogP contribution in [0.4, 0.5) is 0 Å². The van der Waals surface area contributed by atoms with E-state index in [9.17, 15) is 9.90 Å². The quantitative estimate of drug-likeness (QED) is 0.699. The highest BCUT2D eigenvalue weighted by atomic mass is 16.3. The summed E-state index contributed by atoms with van der Waals surface area (Å²) in [5.74, 6) is 0.761. The zero-order valence-corrected chi connectivity index (χ0v) is 9.65. The average molecular weight is 211 g/mol. The fourth-order valence-electron chi connectivity index (χ4n) is 2.10. The van der Waals surface area contributed by atoms with Crippen molar-refractivity contribution in [1.29, 1.82) is 0 Å². The van der Waals surface area contributed by atoms with Crippen LogP contribution in [0.1, 0.15) is 26.7 Å². The summed E-state index contributed by atoms with van der Waals surface area (Å²) in [5, 5.41) is 9.34. The number of nitrogens with zero attached hydrogens (tertiary/aromatic N) is 1. The van der Waals surface area contributed by atoms with E-state index in [1.54, 1.807) is 0 Å². The van der Waals surface area contributed by atoms with Gasteiger partial charge in [-0.2, -0.15) is 0 Å². The summed E-state index contributed by atoms with van der Waals surface area (Å²) in [4.78, 5) is 13.6. The molecule has 0 aromatic rings. The maximum absolute atomic E-state index is 11.7. The molecule has 3 atom stereocenters. The van der Waals surface area contributed by atoms with Gasteiger partial charge in [-0.1, -0.05) is 26.3 Å². The fraction of sp³-hybridized carbons (Fsp3) is 0.750. The summed E-state index contributed by atoms with van der Waals surface area (Å²) in [7, 11) is 0. The highest BCUT2D eigenvalue weighted by Crippen LogP contribution is 2.24. The van der Waals surface area contributed by atoms with E-state index in [2.05, 4.69) is 20.4 Å². The third kappa shape index (κ3) is 2.59. The first-order valence-electron chi connectivity index (χ1n) is 5.66. The van der Waals surface area contributed by atoms with Gasteiger partial charge in [0.25, 0.3) is 0 Å². The normalized spacial score (nSPS) is 25.4. The molecule has 0 bridgehead atoms. The van der Waals surface area contributed by atoms with Crippen molar-refractivity contribution in [3.05, 3.63) is 12.7 Å². The zero-order valence-electron chi connectivity index (χ0n) is 9.65. The van der Waals surface area contributed by atoms with Gasteiger partial charge in [-0.25, -0.2) is 0 Å². The second kappa shape index (κ2) is 5.31. The van der Waals surface area contributed by atoms with Gasteiger partial charge in [0.15, 0.2) is 0 Å². The molecule has 3 heteroatoms. The minimum absolute atomic E-state index is 0.0209. The number of carbonyl (C=O) groups excluding carboxylic acids is 1. The molecule has 0 radical (unpaired) electrons. The lowest BCUT2D eigenvalue weighted by Crippen LogP contribution is -2.43. The van der Waals surface area contributed by atoms with E-state index >= 15 is 0 Å². The average Bonchev–Trinajstić information content (AvgIpc) is 2.61. The molecule has 3 nitrogen and oxygen atoms in total. The van der Waals surface area contributed by atoms with Crippen LogP contribution in [0.5, 0.6) is 0 Å². The third-order valence-electron chi connectivity index (χ3n) is 3.41. The molecule has 0 aliphatic carbocycles. The van der Waals surface area contributed by atoms with Gasteiger partial charge < -0.3 is 10.0 Å². The minimum Gasteiger partial charge on any atom is -0.394 e. The number of likely N-dealkylation sites (tertiary alicyclic amines) is 1. The number of carbonyl (C=O) groups is 1. The number of aliphatic hydroxyl groups excluding tert-OH is 1. The Morgan fingerprint density at radius 2 is 2.40 bits per heavy atom. The molecule has 1 unspecified atom stereocenters. The Morgan fingerprint density at radius 1 is 1.73 bits per heavy atom. The maximum atomic E-state index is 11.7. The Hall–Kier alpha value is -0.830. The number of rotatable bonds is 5. The predicted molar refractivity (Wildman–Crippen MR) is 60.3 cm³/mol. The first-order chi connectivity index (χ1) is 7.13. The van der Waals surface area contributed by atoms with Crippen LogP contribution >= 0.6 is 0 Å². The molecule has 0 aromatic heterocycles. The fourth-order valence-corrected chi connectivity index (χ4v) is 2.10. The molecule has 1 aliphatic rings. The number of hydrogen-bond donors (Lipinski definition) is 1. The predicted octanol–water partition coefficient (Wildman–Crippen LogP) is 1.43. The van der Waals surface area contributed by atoms with Crippen molar-refractivity contribution in [2.75, 3.05) is 13.2 Å². The number of hydrogen-bond acceptors (Lipinski definition) is 2. The van der Waals surface area contributed by atoms with Gasteiger partial charge in [0.1, 0.15) is 0 Å². The highest BCUT2D eigenvalue weighted by molar-refractivity contribution is 5.79. The Balaban J connectivity index is 2.68. The molecule has 0 spiro atoms. The van der Waals surface area contributed by atoms with Gasteiger partial charge in [0, 0.05) is 18.9 Å². The summed E-state index contributed by atoms with van der Waals surface area (Å²) in [6, 6.07) is -0.0209. The standard InChI is InChI=1S/C12H21NO2/c1-4-9(3)11(8-14)13-7-10(5-2)6-12(13)15/h5,9-11,14H,2,4,6-8H2,1,3H3/t9-,10?,11+/m0/s1.